The van der Waals surface area contributed by atoms with E-state index in [1.165, 1.54) is 19.9 Å². The van der Waals surface area contributed by atoms with E-state index in [1.54, 1.807) is 57.2 Å². The summed E-state index contributed by atoms with van der Waals surface area (Å²) in [6.45, 7) is 15.7. The fourth-order valence-electron chi connectivity index (χ4n) is 7.46. The van der Waals surface area contributed by atoms with Gasteiger partial charge in [-0.15, -0.1) is 0 Å². The van der Waals surface area contributed by atoms with Crippen LogP contribution in [0.1, 0.15) is 97.7 Å². The van der Waals surface area contributed by atoms with Crippen LogP contribution < -0.4 is 9.64 Å². The van der Waals surface area contributed by atoms with Gasteiger partial charge >= 0.3 is 5.72 Å². The van der Waals surface area contributed by atoms with Crippen molar-refractivity contribution >= 4 is 11.6 Å². The van der Waals surface area contributed by atoms with E-state index in [0.29, 0.717) is 47.8 Å². The van der Waals surface area contributed by atoms with Crippen LogP contribution in [-0.2, 0) is 15.9 Å². The van der Waals surface area contributed by atoms with Gasteiger partial charge in [0, 0.05) is 29.1 Å². The predicted molar refractivity (Wildman–Crippen MR) is 169 cm³/mol. The van der Waals surface area contributed by atoms with E-state index in [2.05, 4.69) is 15.0 Å². The van der Waals surface area contributed by atoms with Crippen LogP contribution >= 0.6 is 0 Å². The van der Waals surface area contributed by atoms with Crippen LogP contribution in [0.25, 0.3) is 16.0 Å². The molecule has 1 amide bonds. The van der Waals surface area contributed by atoms with Gasteiger partial charge in [-0.05, 0) is 113 Å². The van der Waals surface area contributed by atoms with Gasteiger partial charge in [-0.2, -0.15) is 4.98 Å². The summed E-state index contributed by atoms with van der Waals surface area (Å²) in [6, 6.07) is 11.7. The maximum absolute atomic E-state index is 15.3. The minimum atomic E-state index is -1.71. The number of hydrogen-bond acceptors (Lipinski definition) is 6. The second-order valence-corrected chi connectivity index (χ2v) is 15.1. The monoisotopic (exact) mass is 632 g/mol. The van der Waals surface area contributed by atoms with E-state index in [0.717, 1.165) is 38.5 Å². The summed E-state index contributed by atoms with van der Waals surface area (Å²) in [5.41, 5.74) is -2.39. The van der Waals surface area contributed by atoms with E-state index in [9.17, 15) is 14.3 Å². The summed E-state index contributed by atoms with van der Waals surface area (Å²) in [7, 11) is 0. The Morgan fingerprint density at radius 3 is 2.26 bits per heavy atom. The molecule has 0 unspecified atom stereocenters. The molecule has 0 radical (unpaired) electrons. The molecule has 2 bridgehead atoms. The van der Waals surface area contributed by atoms with Gasteiger partial charge < -0.3 is 19.3 Å². The Morgan fingerprint density at radius 2 is 1.72 bits per heavy atom. The van der Waals surface area contributed by atoms with Crippen molar-refractivity contribution in [2.45, 2.75) is 108 Å². The van der Waals surface area contributed by atoms with Crippen molar-refractivity contribution in [3.63, 3.8) is 0 Å². The number of aliphatic hydroxyl groups is 1. The number of carbonyl (C=O) groups excluding carboxylic acids is 1. The first-order valence-electron chi connectivity index (χ1n) is 16.1. The molecule has 0 atom stereocenters. The number of aromatic nitrogens is 2. The summed E-state index contributed by atoms with van der Waals surface area (Å²) in [4.78, 5) is 23.8. The third-order valence-electron chi connectivity index (χ3n) is 10.4. The van der Waals surface area contributed by atoms with E-state index in [1.807, 2.05) is 4.90 Å². The zero-order chi connectivity index (χ0) is 33.1. The first-order valence-corrected chi connectivity index (χ1v) is 16.1. The molecule has 4 aliphatic rings. The Kier molecular flexibility index (Phi) is 7.78. The minimum absolute atomic E-state index is 0.00562. The van der Waals surface area contributed by atoms with Crippen LogP contribution in [0, 0.1) is 23.7 Å². The number of anilines is 1. The molecular weight excluding hydrogens is 590 g/mol. The molecule has 0 spiro atoms. The Hall–Kier alpha value is -3.84. The Balaban J connectivity index is 1.26. The fraction of sp³-hybridized carbons (Fsp3) is 0.556. The largest absolute Gasteiger partial charge is 0.422 e. The second kappa shape index (κ2) is 11.2. The zero-order valence-electron chi connectivity index (χ0n) is 27.2. The van der Waals surface area contributed by atoms with E-state index < -0.39 is 22.8 Å². The lowest BCUT2D eigenvalue weighted by atomic mass is 9.53. The summed E-state index contributed by atoms with van der Waals surface area (Å²) in [6.07, 6.45) is 5.75. The van der Waals surface area contributed by atoms with Gasteiger partial charge in [-0.25, -0.2) is 15.4 Å². The van der Waals surface area contributed by atoms with E-state index in [4.69, 9.17) is 15.8 Å². The van der Waals surface area contributed by atoms with Gasteiger partial charge in [0.1, 0.15) is 11.6 Å². The van der Waals surface area contributed by atoms with E-state index >= 15 is 4.39 Å². The number of nitrogens with zero attached hydrogens (tertiary/aromatic N) is 4. The number of benzene rings is 2. The Morgan fingerprint density at radius 1 is 1.09 bits per heavy atom. The zero-order valence-corrected chi connectivity index (χ0v) is 27.2. The lowest BCUT2D eigenvalue weighted by molar-refractivity contribution is -0.137. The number of ether oxygens (including phenoxy) is 1. The highest BCUT2D eigenvalue weighted by atomic mass is 19.1. The Bertz CT molecular complexity index is 1640. The van der Waals surface area contributed by atoms with Crippen molar-refractivity contribution in [1.29, 1.82) is 0 Å². The van der Waals surface area contributed by atoms with Crippen molar-refractivity contribution < 1.29 is 27.9 Å². The van der Waals surface area contributed by atoms with Crippen molar-refractivity contribution in [2.75, 3.05) is 11.4 Å². The first-order chi connectivity index (χ1) is 21.5. The third kappa shape index (κ3) is 6.14. The molecule has 3 aromatic rings. The number of carbonyl (C=O) groups is 1. The summed E-state index contributed by atoms with van der Waals surface area (Å²) < 4.78 is 40.8. The van der Waals surface area contributed by atoms with Crippen LogP contribution in [0.2, 0.25) is 0 Å². The van der Waals surface area contributed by atoms with Crippen LogP contribution in [0.15, 0.2) is 47.0 Å². The molecule has 4 aliphatic carbocycles. The standard InChI is InChI=1S/C36H42F2N4O4/c1-32(2,38)31-40-30(41-46-31)36-16-13-35(14-17-36,15-18-36)22-42(29(43)24-20-34(5,44)21-24)25-9-12-28(37)27(19-25)23-7-10-26(11-8-23)45-33(3,4)39-6/h7-12,19,24,44H,13-18,20-22H2,1-5H3. The number of alkyl halides is 1. The highest BCUT2D eigenvalue weighted by Gasteiger charge is 2.53. The van der Waals surface area contributed by atoms with Crippen molar-refractivity contribution in [1.82, 2.24) is 10.1 Å². The molecule has 1 N–H and O–H groups in total. The lowest BCUT2D eigenvalue weighted by Gasteiger charge is -2.54. The number of rotatable bonds is 9. The van der Waals surface area contributed by atoms with Crippen molar-refractivity contribution in [2.24, 2.45) is 11.3 Å². The summed E-state index contributed by atoms with van der Waals surface area (Å²) in [5.74, 6) is 0.295. The molecule has 4 saturated carbocycles. The van der Waals surface area contributed by atoms with Gasteiger partial charge in [-0.1, -0.05) is 17.3 Å². The summed E-state index contributed by atoms with van der Waals surface area (Å²) in [5, 5.41) is 14.6. The number of amides is 1. The maximum Gasteiger partial charge on any atom is 0.369 e. The van der Waals surface area contributed by atoms with Crippen LogP contribution in [-0.4, -0.2) is 39.0 Å². The average molecular weight is 633 g/mol. The number of halogens is 2. The normalized spacial score (nSPS) is 27.5. The summed E-state index contributed by atoms with van der Waals surface area (Å²) >= 11 is 0. The highest BCUT2D eigenvalue weighted by Crippen LogP contribution is 2.58. The highest BCUT2D eigenvalue weighted by molar-refractivity contribution is 5.96. The van der Waals surface area contributed by atoms with Crippen LogP contribution in [0.5, 0.6) is 5.75 Å². The van der Waals surface area contributed by atoms with Gasteiger partial charge in [0.15, 0.2) is 11.5 Å². The van der Waals surface area contributed by atoms with Crippen molar-refractivity contribution in [3.8, 4) is 16.9 Å². The average Bonchev–Trinajstić information content (AvgIpc) is 3.53. The molecule has 46 heavy (non-hydrogen) atoms. The molecule has 1 aromatic heterocycles. The smallest absolute Gasteiger partial charge is 0.369 e. The molecule has 0 saturated heterocycles. The molecule has 8 nitrogen and oxygen atoms in total. The molecular formula is C36H42F2N4O4. The van der Waals surface area contributed by atoms with Gasteiger partial charge in [-0.3, -0.25) is 9.64 Å². The molecule has 4 fully saturated rings. The fourth-order valence-corrected chi connectivity index (χ4v) is 7.46. The molecule has 7 rings (SSSR count). The molecule has 2 aromatic carbocycles. The number of hydrogen-bond donors (Lipinski definition) is 1. The molecule has 244 valence electrons. The quantitative estimate of drug-likeness (QED) is 0.241. The van der Waals surface area contributed by atoms with Gasteiger partial charge in [0.2, 0.25) is 5.91 Å². The first kappa shape index (κ1) is 32.1. The Labute approximate surface area is 269 Å². The maximum atomic E-state index is 15.3. The topological polar surface area (TPSA) is 93.0 Å². The molecule has 10 heteroatoms. The molecule has 1 heterocycles. The van der Waals surface area contributed by atoms with Gasteiger partial charge in [0.05, 0.1) is 19.4 Å². The predicted octanol–water partition coefficient (Wildman–Crippen LogP) is 7.90. The van der Waals surface area contributed by atoms with Crippen molar-refractivity contribution in [3.05, 3.63) is 71.4 Å². The van der Waals surface area contributed by atoms with Crippen LogP contribution in [0.3, 0.4) is 0 Å². The molecule has 0 aliphatic heterocycles. The minimum Gasteiger partial charge on any atom is -0.422 e. The van der Waals surface area contributed by atoms with E-state index in [-0.39, 0.29) is 28.5 Å². The number of fused-ring (bicyclic) bond motifs is 3. The van der Waals surface area contributed by atoms with Crippen LogP contribution in [0.4, 0.5) is 14.5 Å². The SMILES string of the molecule is [C-]#[N+]C(C)(C)Oc1ccc(-c2cc(N(CC34CCC(c5noc(C(C)(C)F)n5)(CC3)CC4)C(=O)C3CC(C)(O)C3)ccc2F)cc1. The second-order valence-electron chi connectivity index (χ2n) is 15.1. The third-order valence-corrected chi connectivity index (χ3v) is 10.4. The van der Waals surface area contributed by atoms with Gasteiger partial charge in [0.25, 0.3) is 5.89 Å². The lowest BCUT2D eigenvalue weighted by Crippen LogP contribution is -2.54.